The minimum absolute atomic E-state index is 0.0573. The van der Waals surface area contributed by atoms with E-state index in [4.69, 9.17) is 15.7 Å². The molecule has 1 aromatic carbocycles. The normalized spacial score (nSPS) is 10.4. The molecular formula is C23H17N5O2. The van der Waals surface area contributed by atoms with Gasteiger partial charge in [-0.25, -0.2) is 4.98 Å². The van der Waals surface area contributed by atoms with Crippen LogP contribution in [0.15, 0.2) is 72.4 Å². The maximum atomic E-state index is 12.5. The Balaban J connectivity index is 2.19. The smallest absolute Gasteiger partial charge is 0.255 e. The lowest BCUT2D eigenvalue weighted by atomic mass is 10.0. The third kappa shape index (κ3) is 3.96. The van der Waals surface area contributed by atoms with Crippen LogP contribution in [0, 0.1) is 22.7 Å². The van der Waals surface area contributed by atoms with Crippen LogP contribution in [-0.4, -0.2) is 9.55 Å². The summed E-state index contributed by atoms with van der Waals surface area (Å²) in [6, 6.07) is 15.3. The average Bonchev–Trinajstić information content (AvgIpc) is 2.77. The van der Waals surface area contributed by atoms with Crippen LogP contribution in [0.25, 0.3) is 22.6 Å². The van der Waals surface area contributed by atoms with Gasteiger partial charge in [0.25, 0.3) is 5.56 Å². The fraction of sp³-hybridized carbons (Fsp3) is 0.0435. The molecule has 3 aromatic rings. The third-order valence-corrected chi connectivity index (χ3v) is 4.28. The van der Waals surface area contributed by atoms with Gasteiger partial charge in [-0.15, -0.1) is 0 Å². The number of nitrogens with zero attached hydrogens (tertiary/aromatic N) is 4. The number of pyridine rings is 2. The molecule has 7 nitrogen and oxygen atoms in total. The van der Waals surface area contributed by atoms with E-state index in [0.717, 1.165) is 0 Å². The summed E-state index contributed by atoms with van der Waals surface area (Å²) in [6.45, 7) is 5.68. The Hall–Kier alpha value is -4.62. The molecule has 0 radical (unpaired) electrons. The molecule has 0 saturated heterocycles. The van der Waals surface area contributed by atoms with Gasteiger partial charge in [0, 0.05) is 29.1 Å². The van der Waals surface area contributed by atoms with Crippen molar-refractivity contribution in [3.05, 3.63) is 94.8 Å². The van der Waals surface area contributed by atoms with Crippen molar-refractivity contribution in [3.8, 4) is 29.0 Å². The Morgan fingerprint density at radius 2 is 1.93 bits per heavy atom. The third-order valence-electron chi connectivity index (χ3n) is 4.28. The molecular weight excluding hydrogens is 378 g/mol. The first-order valence-corrected chi connectivity index (χ1v) is 8.89. The van der Waals surface area contributed by atoms with Crippen LogP contribution in [0.3, 0.4) is 0 Å². The van der Waals surface area contributed by atoms with E-state index < -0.39 is 0 Å². The number of anilines is 1. The van der Waals surface area contributed by atoms with E-state index >= 15 is 0 Å². The van der Waals surface area contributed by atoms with Crippen LogP contribution >= 0.6 is 0 Å². The molecule has 7 heteroatoms. The number of hydrogen-bond acceptors (Lipinski definition) is 6. The van der Waals surface area contributed by atoms with Crippen molar-refractivity contribution < 1.29 is 4.74 Å². The fourth-order valence-corrected chi connectivity index (χ4v) is 2.80. The first-order chi connectivity index (χ1) is 14.5. The Kier molecular flexibility index (Phi) is 5.76. The molecule has 0 atom stereocenters. The van der Waals surface area contributed by atoms with Crippen molar-refractivity contribution in [1.29, 1.82) is 10.5 Å². The Bertz CT molecular complexity index is 1290. The maximum absolute atomic E-state index is 12.5. The fourth-order valence-electron chi connectivity index (χ4n) is 2.80. The van der Waals surface area contributed by atoms with Crippen molar-refractivity contribution in [2.75, 3.05) is 5.73 Å². The van der Waals surface area contributed by atoms with Crippen LogP contribution < -0.4 is 11.3 Å². The summed E-state index contributed by atoms with van der Waals surface area (Å²) in [5.74, 6) is 0.303. The second kappa shape index (κ2) is 8.59. The molecule has 146 valence electrons. The van der Waals surface area contributed by atoms with Crippen LogP contribution in [0.5, 0.6) is 0 Å². The van der Waals surface area contributed by atoms with Crippen molar-refractivity contribution in [1.82, 2.24) is 9.55 Å². The van der Waals surface area contributed by atoms with Gasteiger partial charge in [-0.05, 0) is 43.3 Å². The standard InChI is InChI=1S/C23H17N5O2/c1-3-10-30-15(2)22-20(11-18(13-25)23(26)27-22)17-6-9-21(29)28(14-17)19-7-4-16(12-24)5-8-19/h3-11,14H,2H2,1H3,(H2,26,27)/b10-3-. The molecule has 0 unspecified atom stereocenters. The summed E-state index contributed by atoms with van der Waals surface area (Å²) in [6.07, 6.45) is 4.79. The second-order valence-electron chi connectivity index (χ2n) is 6.22. The van der Waals surface area contributed by atoms with E-state index in [-0.39, 0.29) is 22.7 Å². The number of hydrogen-bond donors (Lipinski definition) is 1. The monoisotopic (exact) mass is 395 g/mol. The van der Waals surface area contributed by atoms with Crippen LogP contribution in [-0.2, 0) is 4.74 Å². The number of nitrogens with two attached hydrogens (primary N) is 1. The largest absolute Gasteiger partial charge is 0.464 e. The first kappa shape index (κ1) is 20.1. The van der Waals surface area contributed by atoms with E-state index in [0.29, 0.717) is 28.1 Å². The molecule has 30 heavy (non-hydrogen) atoms. The van der Waals surface area contributed by atoms with Crippen molar-refractivity contribution in [2.24, 2.45) is 0 Å². The van der Waals surface area contributed by atoms with Gasteiger partial charge < -0.3 is 10.5 Å². The zero-order valence-corrected chi connectivity index (χ0v) is 16.2. The van der Waals surface area contributed by atoms with Gasteiger partial charge in [0.1, 0.15) is 23.3 Å². The molecule has 0 aliphatic heterocycles. The first-order valence-electron chi connectivity index (χ1n) is 8.89. The van der Waals surface area contributed by atoms with E-state index in [1.54, 1.807) is 55.6 Å². The predicted molar refractivity (Wildman–Crippen MR) is 114 cm³/mol. The van der Waals surface area contributed by atoms with E-state index in [1.807, 2.05) is 12.1 Å². The minimum Gasteiger partial charge on any atom is -0.464 e. The van der Waals surface area contributed by atoms with Gasteiger partial charge in [0.05, 0.1) is 23.5 Å². The number of ether oxygens (including phenoxy) is 1. The quantitative estimate of drug-likeness (QED) is 0.658. The number of aromatic nitrogens is 2. The molecule has 0 aliphatic carbocycles. The van der Waals surface area contributed by atoms with Crippen molar-refractivity contribution >= 4 is 11.6 Å². The van der Waals surface area contributed by atoms with Gasteiger partial charge in [-0.3, -0.25) is 9.36 Å². The molecule has 0 fully saturated rings. The maximum Gasteiger partial charge on any atom is 0.255 e. The number of nitriles is 2. The molecule has 2 aromatic heterocycles. The molecule has 0 spiro atoms. The molecule has 0 amide bonds. The summed E-state index contributed by atoms with van der Waals surface area (Å²) < 4.78 is 6.90. The number of allylic oxidation sites excluding steroid dienone is 1. The Morgan fingerprint density at radius 1 is 1.20 bits per heavy atom. The lowest BCUT2D eigenvalue weighted by Gasteiger charge is -2.14. The van der Waals surface area contributed by atoms with Gasteiger partial charge in [-0.1, -0.05) is 12.7 Å². The Morgan fingerprint density at radius 3 is 2.57 bits per heavy atom. The van der Waals surface area contributed by atoms with Crippen molar-refractivity contribution in [3.63, 3.8) is 0 Å². The zero-order chi connectivity index (χ0) is 21.7. The summed E-state index contributed by atoms with van der Waals surface area (Å²) >= 11 is 0. The predicted octanol–water partition coefficient (Wildman–Crippen LogP) is 3.75. The minimum atomic E-state index is -0.252. The average molecular weight is 395 g/mol. The summed E-state index contributed by atoms with van der Waals surface area (Å²) in [5.41, 5.74) is 8.43. The highest BCUT2D eigenvalue weighted by Gasteiger charge is 2.16. The SMILES string of the molecule is C=C(O/C=C\C)c1nc(N)c(C#N)cc1-c1ccc(=O)n(-c2ccc(C#N)cc2)c1. The van der Waals surface area contributed by atoms with Gasteiger partial charge in [0.15, 0.2) is 0 Å². The van der Waals surface area contributed by atoms with Gasteiger partial charge >= 0.3 is 0 Å². The highest BCUT2D eigenvalue weighted by atomic mass is 16.5. The molecule has 3 rings (SSSR count). The highest BCUT2D eigenvalue weighted by molar-refractivity contribution is 5.79. The number of rotatable bonds is 5. The van der Waals surface area contributed by atoms with Crippen molar-refractivity contribution in [2.45, 2.75) is 6.92 Å². The summed E-state index contributed by atoms with van der Waals surface area (Å²) in [4.78, 5) is 16.7. The lowest BCUT2D eigenvalue weighted by molar-refractivity contribution is 0.435. The van der Waals surface area contributed by atoms with E-state index in [1.165, 1.54) is 16.9 Å². The number of benzene rings is 1. The summed E-state index contributed by atoms with van der Waals surface area (Å²) in [5, 5.41) is 18.3. The molecule has 0 saturated carbocycles. The highest BCUT2D eigenvalue weighted by Crippen LogP contribution is 2.30. The van der Waals surface area contributed by atoms with E-state index in [9.17, 15) is 10.1 Å². The van der Waals surface area contributed by atoms with Crippen LogP contribution in [0.2, 0.25) is 0 Å². The van der Waals surface area contributed by atoms with Gasteiger partial charge in [0.2, 0.25) is 0 Å². The topological polar surface area (TPSA) is 118 Å². The molecule has 0 aliphatic rings. The van der Waals surface area contributed by atoms with Crippen LogP contribution in [0.1, 0.15) is 23.7 Å². The van der Waals surface area contributed by atoms with Gasteiger partial charge in [-0.2, -0.15) is 10.5 Å². The summed E-state index contributed by atoms with van der Waals surface area (Å²) in [7, 11) is 0. The lowest BCUT2D eigenvalue weighted by Crippen LogP contribution is -2.16. The van der Waals surface area contributed by atoms with E-state index in [2.05, 4.69) is 11.6 Å². The van der Waals surface area contributed by atoms with Crippen LogP contribution in [0.4, 0.5) is 5.82 Å². The second-order valence-corrected chi connectivity index (χ2v) is 6.22. The zero-order valence-electron chi connectivity index (χ0n) is 16.2. The number of nitrogen functional groups attached to an aromatic ring is 1. The molecule has 0 bridgehead atoms. The Labute approximate surface area is 173 Å². The molecule has 2 N–H and O–H groups in total. The molecule has 2 heterocycles.